The summed E-state index contributed by atoms with van der Waals surface area (Å²) in [6.07, 6.45) is 6.74. The standard InChI is InChI=1S/C21H31ClN2O2/c1-3-7-19(25)23-13-12-15(2)21(26)24-20(16-8-4-5-9-16)17-10-6-11-18(22)14-17/h6,10-11,14-16,20H,3-5,7-9,12-13H2,1-2H3,(H,23,25)(H,24,26)/t15-,20-/m0/s1. The van der Waals surface area contributed by atoms with Crippen molar-refractivity contribution in [2.45, 2.75) is 64.8 Å². The van der Waals surface area contributed by atoms with Crippen LogP contribution in [0.15, 0.2) is 24.3 Å². The number of hydrogen-bond donors (Lipinski definition) is 2. The zero-order valence-electron chi connectivity index (χ0n) is 15.9. The van der Waals surface area contributed by atoms with E-state index in [4.69, 9.17) is 11.6 Å². The first kappa shape index (κ1) is 20.8. The van der Waals surface area contributed by atoms with Crippen molar-refractivity contribution in [3.05, 3.63) is 34.9 Å². The van der Waals surface area contributed by atoms with E-state index in [2.05, 4.69) is 10.6 Å². The van der Waals surface area contributed by atoms with E-state index in [0.29, 0.717) is 30.3 Å². The van der Waals surface area contributed by atoms with Gasteiger partial charge in [-0.15, -0.1) is 0 Å². The molecule has 26 heavy (non-hydrogen) atoms. The molecule has 0 spiro atoms. The molecule has 1 saturated carbocycles. The Kier molecular flexibility index (Phi) is 8.43. The van der Waals surface area contributed by atoms with Crippen LogP contribution in [-0.4, -0.2) is 18.4 Å². The van der Waals surface area contributed by atoms with Crippen molar-refractivity contribution in [3.63, 3.8) is 0 Å². The van der Waals surface area contributed by atoms with Gasteiger partial charge in [0.05, 0.1) is 6.04 Å². The number of rotatable bonds is 9. The molecule has 5 heteroatoms. The van der Waals surface area contributed by atoms with E-state index in [1.165, 1.54) is 12.8 Å². The Balaban J connectivity index is 1.94. The summed E-state index contributed by atoms with van der Waals surface area (Å²) in [7, 11) is 0. The molecule has 144 valence electrons. The molecule has 4 nitrogen and oxygen atoms in total. The molecule has 0 bridgehead atoms. The van der Waals surface area contributed by atoms with E-state index in [1.54, 1.807) is 0 Å². The van der Waals surface area contributed by atoms with Gasteiger partial charge < -0.3 is 10.6 Å². The van der Waals surface area contributed by atoms with E-state index in [0.717, 1.165) is 24.8 Å². The van der Waals surface area contributed by atoms with Gasteiger partial charge in [-0.05, 0) is 49.3 Å². The first-order valence-corrected chi connectivity index (χ1v) is 10.2. The molecule has 1 fully saturated rings. The van der Waals surface area contributed by atoms with Gasteiger partial charge in [0.1, 0.15) is 0 Å². The first-order valence-electron chi connectivity index (χ1n) is 9.83. The summed E-state index contributed by atoms with van der Waals surface area (Å²) in [5, 5.41) is 6.84. The van der Waals surface area contributed by atoms with Gasteiger partial charge in [0.15, 0.2) is 0 Å². The second-order valence-corrected chi connectivity index (χ2v) is 7.81. The Hall–Kier alpha value is -1.55. The van der Waals surface area contributed by atoms with Crippen LogP contribution in [0.4, 0.5) is 0 Å². The fourth-order valence-corrected chi connectivity index (χ4v) is 3.83. The predicted molar refractivity (Wildman–Crippen MR) is 106 cm³/mol. The lowest BCUT2D eigenvalue weighted by Gasteiger charge is -2.27. The molecule has 2 rings (SSSR count). The Bertz CT molecular complexity index is 599. The topological polar surface area (TPSA) is 58.2 Å². The third kappa shape index (κ3) is 6.31. The molecule has 0 aromatic heterocycles. The van der Waals surface area contributed by atoms with Crippen LogP contribution in [0.5, 0.6) is 0 Å². The number of hydrogen-bond acceptors (Lipinski definition) is 2. The van der Waals surface area contributed by atoms with E-state index in [9.17, 15) is 9.59 Å². The molecular weight excluding hydrogens is 348 g/mol. The molecule has 0 saturated heterocycles. The van der Waals surface area contributed by atoms with Crippen LogP contribution in [0.25, 0.3) is 0 Å². The minimum absolute atomic E-state index is 0.0147. The van der Waals surface area contributed by atoms with Crippen molar-refractivity contribution in [2.75, 3.05) is 6.54 Å². The zero-order valence-corrected chi connectivity index (χ0v) is 16.6. The third-order valence-electron chi connectivity index (χ3n) is 5.20. The second-order valence-electron chi connectivity index (χ2n) is 7.38. The maximum absolute atomic E-state index is 12.7. The molecule has 1 aromatic rings. The number of carbonyl (C=O) groups excluding carboxylic acids is 2. The summed E-state index contributed by atoms with van der Waals surface area (Å²) in [6, 6.07) is 7.82. The van der Waals surface area contributed by atoms with Crippen molar-refractivity contribution < 1.29 is 9.59 Å². The molecular formula is C21H31ClN2O2. The Morgan fingerprint density at radius 2 is 2.00 bits per heavy atom. The van der Waals surface area contributed by atoms with E-state index in [-0.39, 0.29) is 23.8 Å². The van der Waals surface area contributed by atoms with Gasteiger partial charge in [-0.2, -0.15) is 0 Å². The molecule has 2 amide bonds. The summed E-state index contributed by atoms with van der Waals surface area (Å²) in [5.74, 6) is 0.434. The fraction of sp³-hybridized carbons (Fsp3) is 0.619. The second kappa shape index (κ2) is 10.6. The maximum atomic E-state index is 12.7. The molecule has 0 unspecified atom stereocenters. The Labute approximate surface area is 162 Å². The highest BCUT2D eigenvalue weighted by Crippen LogP contribution is 2.36. The third-order valence-corrected chi connectivity index (χ3v) is 5.44. The summed E-state index contributed by atoms with van der Waals surface area (Å²) >= 11 is 6.17. The quantitative estimate of drug-likeness (QED) is 0.658. The summed E-state index contributed by atoms with van der Waals surface area (Å²) in [5.41, 5.74) is 1.08. The number of nitrogens with one attached hydrogen (secondary N) is 2. The minimum atomic E-state index is -0.139. The highest BCUT2D eigenvalue weighted by molar-refractivity contribution is 6.30. The average molecular weight is 379 g/mol. The van der Waals surface area contributed by atoms with Gasteiger partial charge in [0.2, 0.25) is 11.8 Å². The van der Waals surface area contributed by atoms with E-state index < -0.39 is 0 Å². The van der Waals surface area contributed by atoms with Crippen molar-refractivity contribution in [2.24, 2.45) is 11.8 Å². The SMILES string of the molecule is CCCC(=O)NCC[C@H](C)C(=O)N[C@H](c1cccc(Cl)c1)C1CCCC1. The van der Waals surface area contributed by atoms with Crippen LogP contribution < -0.4 is 10.6 Å². The van der Waals surface area contributed by atoms with Gasteiger partial charge in [-0.1, -0.05) is 50.4 Å². The number of benzene rings is 1. The normalized spacial score (nSPS) is 16.9. The lowest BCUT2D eigenvalue weighted by molar-refractivity contribution is -0.126. The molecule has 1 aliphatic carbocycles. The highest BCUT2D eigenvalue weighted by atomic mass is 35.5. The summed E-state index contributed by atoms with van der Waals surface area (Å²) in [4.78, 5) is 24.3. The van der Waals surface area contributed by atoms with Crippen molar-refractivity contribution >= 4 is 23.4 Å². The van der Waals surface area contributed by atoms with Crippen LogP contribution in [0.3, 0.4) is 0 Å². The lowest BCUT2D eigenvalue weighted by atomic mass is 9.91. The van der Waals surface area contributed by atoms with Gasteiger partial charge in [-0.25, -0.2) is 0 Å². The smallest absolute Gasteiger partial charge is 0.223 e. The van der Waals surface area contributed by atoms with Crippen molar-refractivity contribution in [3.8, 4) is 0 Å². The molecule has 2 atom stereocenters. The molecule has 0 aliphatic heterocycles. The van der Waals surface area contributed by atoms with Gasteiger partial charge in [0.25, 0.3) is 0 Å². The van der Waals surface area contributed by atoms with Gasteiger partial charge in [0, 0.05) is 23.9 Å². The molecule has 0 heterocycles. The minimum Gasteiger partial charge on any atom is -0.356 e. The van der Waals surface area contributed by atoms with Crippen LogP contribution in [0, 0.1) is 11.8 Å². The largest absolute Gasteiger partial charge is 0.356 e. The van der Waals surface area contributed by atoms with Gasteiger partial charge in [-0.3, -0.25) is 9.59 Å². The number of amides is 2. The van der Waals surface area contributed by atoms with Gasteiger partial charge >= 0.3 is 0 Å². The number of halogens is 1. The summed E-state index contributed by atoms with van der Waals surface area (Å²) in [6.45, 7) is 4.44. The van der Waals surface area contributed by atoms with Crippen molar-refractivity contribution in [1.29, 1.82) is 0 Å². The monoisotopic (exact) mass is 378 g/mol. The molecule has 0 radical (unpaired) electrons. The molecule has 1 aromatic carbocycles. The lowest BCUT2D eigenvalue weighted by Crippen LogP contribution is -2.37. The molecule has 1 aliphatic rings. The molecule has 2 N–H and O–H groups in total. The fourth-order valence-electron chi connectivity index (χ4n) is 3.63. The summed E-state index contributed by atoms with van der Waals surface area (Å²) < 4.78 is 0. The van der Waals surface area contributed by atoms with Crippen molar-refractivity contribution in [1.82, 2.24) is 10.6 Å². The van der Waals surface area contributed by atoms with Crippen LogP contribution in [0.2, 0.25) is 5.02 Å². The Morgan fingerprint density at radius 3 is 2.65 bits per heavy atom. The number of carbonyl (C=O) groups is 2. The van der Waals surface area contributed by atoms with Crippen LogP contribution in [-0.2, 0) is 9.59 Å². The highest BCUT2D eigenvalue weighted by Gasteiger charge is 2.29. The van der Waals surface area contributed by atoms with E-state index >= 15 is 0 Å². The maximum Gasteiger partial charge on any atom is 0.223 e. The predicted octanol–water partition coefficient (Wildman–Crippen LogP) is 4.63. The van der Waals surface area contributed by atoms with Crippen LogP contribution >= 0.6 is 11.6 Å². The van der Waals surface area contributed by atoms with Crippen LogP contribution in [0.1, 0.15) is 70.4 Å². The zero-order chi connectivity index (χ0) is 18.9. The first-order chi connectivity index (χ1) is 12.5. The van der Waals surface area contributed by atoms with E-state index in [1.807, 2.05) is 38.1 Å². The Morgan fingerprint density at radius 1 is 1.27 bits per heavy atom. The average Bonchev–Trinajstić information content (AvgIpc) is 3.13.